The lowest BCUT2D eigenvalue weighted by molar-refractivity contribution is -0.0429. The van der Waals surface area contributed by atoms with Gasteiger partial charge in [0.05, 0.1) is 11.7 Å². The lowest BCUT2D eigenvalue weighted by atomic mass is 9.58. The summed E-state index contributed by atoms with van der Waals surface area (Å²) in [5, 5.41) is 0. The van der Waals surface area contributed by atoms with E-state index in [2.05, 4.69) is 23.9 Å². The second-order valence-electron chi connectivity index (χ2n) is 9.84. The summed E-state index contributed by atoms with van der Waals surface area (Å²) in [6.45, 7) is 3.80. The third kappa shape index (κ3) is 2.26. The van der Waals surface area contributed by atoms with Crippen molar-refractivity contribution >= 4 is 0 Å². The van der Waals surface area contributed by atoms with Gasteiger partial charge in [0.1, 0.15) is 0 Å². The van der Waals surface area contributed by atoms with Crippen LogP contribution in [0.3, 0.4) is 0 Å². The normalized spacial score (nSPS) is 45.8. The summed E-state index contributed by atoms with van der Waals surface area (Å²) in [6, 6.07) is 0.885. The molecular formula is C20H34N2O. The molecule has 3 aliphatic heterocycles. The van der Waals surface area contributed by atoms with Crippen LogP contribution >= 0.6 is 0 Å². The molecule has 5 fully saturated rings. The monoisotopic (exact) mass is 318 g/mol. The summed E-state index contributed by atoms with van der Waals surface area (Å²) in [5.74, 6) is 1.60. The minimum atomic E-state index is 0.251. The van der Waals surface area contributed by atoms with Crippen molar-refractivity contribution in [2.45, 2.75) is 75.5 Å². The van der Waals surface area contributed by atoms with Gasteiger partial charge in [0, 0.05) is 37.5 Å². The Hall–Kier alpha value is -0.120. The van der Waals surface area contributed by atoms with Crippen LogP contribution in [0.2, 0.25) is 0 Å². The zero-order chi connectivity index (χ0) is 15.7. The molecule has 0 amide bonds. The first-order valence-corrected chi connectivity index (χ1v) is 10.2. The first-order chi connectivity index (χ1) is 11.1. The Labute approximate surface area is 141 Å². The maximum absolute atomic E-state index is 6.61. The van der Waals surface area contributed by atoms with E-state index in [0.717, 1.165) is 23.3 Å². The lowest BCUT2D eigenvalue weighted by Crippen LogP contribution is -2.52. The molecule has 0 radical (unpaired) electrons. The van der Waals surface area contributed by atoms with Gasteiger partial charge in [-0.1, -0.05) is 19.3 Å². The Morgan fingerprint density at radius 1 is 1.09 bits per heavy atom. The molecule has 3 heterocycles. The van der Waals surface area contributed by atoms with Crippen LogP contribution in [0.4, 0.5) is 0 Å². The molecule has 130 valence electrons. The van der Waals surface area contributed by atoms with E-state index in [1.54, 1.807) is 0 Å². The Morgan fingerprint density at radius 3 is 2.61 bits per heavy atom. The number of rotatable bonds is 3. The van der Waals surface area contributed by atoms with Crippen molar-refractivity contribution < 1.29 is 4.74 Å². The standard InChI is InChI=1S/C20H34N2O/c1-21(2)12-16-17-13-22(14-20(17)9-6-18(16)23-20)15-10-19(11-15)7-4-3-5-8-19/h15-18H,3-14H2,1-2H3/t16-,17+,18+,20+/m0/s1. The third-order valence-corrected chi connectivity index (χ3v) is 8.15. The highest BCUT2D eigenvalue weighted by Crippen LogP contribution is 2.59. The van der Waals surface area contributed by atoms with Crippen molar-refractivity contribution in [3.8, 4) is 0 Å². The Morgan fingerprint density at radius 2 is 1.87 bits per heavy atom. The fourth-order valence-electron chi connectivity index (χ4n) is 7.08. The van der Waals surface area contributed by atoms with Crippen molar-refractivity contribution in [2.75, 3.05) is 33.7 Å². The van der Waals surface area contributed by atoms with E-state index in [9.17, 15) is 0 Å². The topological polar surface area (TPSA) is 15.7 Å². The summed E-state index contributed by atoms with van der Waals surface area (Å²) in [7, 11) is 4.45. The highest BCUT2D eigenvalue weighted by Gasteiger charge is 2.64. The van der Waals surface area contributed by atoms with Crippen LogP contribution in [0, 0.1) is 17.3 Å². The number of nitrogens with zero attached hydrogens (tertiary/aromatic N) is 2. The van der Waals surface area contributed by atoms with Crippen molar-refractivity contribution in [3.05, 3.63) is 0 Å². The molecule has 3 saturated heterocycles. The van der Waals surface area contributed by atoms with Crippen molar-refractivity contribution in [3.63, 3.8) is 0 Å². The van der Waals surface area contributed by atoms with Crippen LogP contribution in [0.25, 0.3) is 0 Å². The van der Waals surface area contributed by atoms with Crippen LogP contribution < -0.4 is 0 Å². The van der Waals surface area contributed by atoms with Crippen LogP contribution in [0.1, 0.15) is 57.8 Å². The second kappa shape index (κ2) is 5.19. The Balaban J connectivity index is 1.26. The lowest BCUT2D eigenvalue weighted by Gasteiger charge is -2.53. The number of likely N-dealkylation sites (tertiary alicyclic amines) is 1. The predicted octanol–water partition coefficient (Wildman–Crippen LogP) is 3.14. The van der Waals surface area contributed by atoms with Crippen LogP contribution in [0.15, 0.2) is 0 Å². The molecular weight excluding hydrogens is 284 g/mol. The van der Waals surface area contributed by atoms with Gasteiger partial charge in [-0.15, -0.1) is 0 Å². The van der Waals surface area contributed by atoms with Gasteiger partial charge in [0.25, 0.3) is 0 Å². The molecule has 3 heteroatoms. The SMILES string of the molecule is CN(C)C[C@H]1[C@H]2CN(C3CC4(CCCCC4)C3)C[C@]23CC[C@H]1O3. The van der Waals surface area contributed by atoms with Crippen LogP contribution in [-0.4, -0.2) is 61.3 Å². The molecule has 5 rings (SSSR count). The molecule has 0 aromatic carbocycles. The van der Waals surface area contributed by atoms with Crippen LogP contribution in [0.5, 0.6) is 0 Å². The molecule has 2 saturated carbocycles. The van der Waals surface area contributed by atoms with E-state index in [4.69, 9.17) is 4.74 Å². The zero-order valence-corrected chi connectivity index (χ0v) is 15.1. The molecule has 3 nitrogen and oxygen atoms in total. The fraction of sp³-hybridized carbons (Fsp3) is 1.00. The molecule has 4 atom stereocenters. The molecule has 23 heavy (non-hydrogen) atoms. The highest BCUT2D eigenvalue weighted by molar-refractivity contribution is 5.15. The smallest absolute Gasteiger partial charge is 0.0858 e. The van der Waals surface area contributed by atoms with Gasteiger partial charge in [0.2, 0.25) is 0 Å². The van der Waals surface area contributed by atoms with E-state index in [-0.39, 0.29) is 5.60 Å². The van der Waals surface area contributed by atoms with Crippen molar-refractivity contribution in [1.29, 1.82) is 0 Å². The molecule has 0 aromatic heterocycles. The summed E-state index contributed by atoms with van der Waals surface area (Å²) in [5.41, 5.74) is 1.01. The molecule has 2 bridgehead atoms. The average molecular weight is 319 g/mol. The van der Waals surface area contributed by atoms with Gasteiger partial charge < -0.3 is 9.64 Å². The van der Waals surface area contributed by atoms with Crippen molar-refractivity contribution in [1.82, 2.24) is 9.80 Å². The first kappa shape index (κ1) is 15.2. The van der Waals surface area contributed by atoms with E-state index in [1.807, 2.05) is 0 Å². The Bertz CT molecular complexity index is 464. The van der Waals surface area contributed by atoms with E-state index < -0.39 is 0 Å². The predicted molar refractivity (Wildman–Crippen MR) is 92.5 cm³/mol. The van der Waals surface area contributed by atoms with Gasteiger partial charge in [-0.25, -0.2) is 0 Å². The maximum atomic E-state index is 6.61. The number of fused-ring (bicyclic) bond motifs is 1. The van der Waals surface area contributed by atoms with E-state index in [0.29, 0.717) is 6.10 Å². The number of hydrogen-bond donors (Lipinski definition) is 0. The van der Waals surface area contributed by atoms with E-state index >= 15 is 0 Å². The number of hydrogen-bond acceptors (Lipinski definition) is 3. The first-order valence-electron chi connectivity index (χ1n) is 10.2. The number of ether oxygens (including phenoxy) is 1. The summed E-state index contributed by atoms with van der Waals surface area (Å²) < 4.78 is 6.61. The molecule has 0 N–H and O–H groups in total. The fourth-order valence-corrected chi connectivity index (χ4v) is 7.08. The van der Waals surface area contributed by atoms with Gasteiger partial charge in [-0.05, 0) is 58.0 Å². The van der Waals surface area contributed by atoms with Crippen molar-refractivity contribution in [2.24, 2.45) is 17.3 Å². The summed E-state index contributed by atoms with van der Waals surface area (Å²) in [6.07, 6.45) is 13.7. The molecule has 0 unspecified atom stereocenters. The van der Waals surface area contributed by atoms with E-state index in [1.165, 1.54) is 77.4 Å². The Kier molecular flexibility index (Phi) is 3.42. The van der Waals surface area contributed by atoms with Gasteiger partial charge in [0.15, 0.2) is 0 Å². The second-order valence-corrected chi connectivity index (χ2v) is 9.84. The molecule has 2 spiro atoms. The van der Waals surface area contributed by atoms with Crippen LogP contribution in [-0.2, 0) is 4.74 Å². The summed E-state index contributed by atoms with van der Waals surface area (Å²) in [4.78, 5) is 5.24. The quantitative estimate of drug-likeness (QED) is 0.795. The van der Waals surface area contributed by atoms with Gasteiger partial charge in [-0.3, -0.25) is 4.90 Å². The molecule has 5 aliphatic rings. The largest absolute Gasteiger partial charge is 0.370 e. The maximum Gasteiger partial charge on any atom is 0.0858 e. The zero-order valence-electron chi connectivity index (χ0n) is 15.1. The summed E-state index contributed by atoms with van der Waals surface area (Å²) >= 11 is 0. The molecule has 2 aliphatic carbocycles. The third-order valence-electron chi connectivity index (χ3n) is 8.15. The highest BCUT2D eigenvalue weighted by atomic mass is 16.5. The minimum Gasteiger partial charge on any atom is -0.370 e. The average Bonchev–Trinajstić information content (AvgIpc) is 3.14. The molecule has 0 aromatic rings. The minimum absolute atomic E-state index is 0.251. The van der Waals surface area contributed by atoms with Gasteiger partial charge in [-0.2, -0.15) is 0 Å². The van der Waals surface area contributed by atoms with Gasteiger partial charge >= 0.3 is 0 Å².